The van der Waals surface area contributed by atoms with Gasteiger partial charge in [-0.2, -0.15) is 0 Å². The Bertz CT molecular complexity index is 844. The van der Waals surface area contributed by atoms with Gasteiger partial charge in [0.15, 0.2) is 24.4 Å². The number of carboxylic acids is 1. The summed E-state index contributed by atoms with van der Waals surface area (Å²) in [5.74, 6) is -5.27. The Morgan fingerprint density at radius 2 is 1.29 bits per heavy atom. The summed E-state index contributed by atoms with van der Waals surface area (Å²) in [5.41, 5.74) is 0. The quantitative estimate of drug-likeness (QED) is 0.277. The molecule has 35 heavy (non-hydrogen) atoms. The molecule has 2 N–H and O–H groups in total. The Labute approximate surface area is 206 Å². The number of hydrogen-bond acceptors (Lipinski definition) is 13. The molecule has 0 bridgehead atoms. The van der Waals surface area contributed by atoms with E-state index in [2.05, 4.69) is 5.32 Å². The fourth-order valence-electron chi connectivity index (χ4n) is 3.49. The zero-order valence-electron chi connectivity index (χ0n) is 20.5. The monoisotopic (exact) mass is 521 g/mol. The molecule has 0 aromatic rings. The molecule has 13 nitrogen and oxygen atoms in total. The lowest BCUT2D eigenvalue weighted by molar-refractivity contribution is -0.203. The second-order valence-electron chi connectivity index (χ2n) is 8.25. The van der Waals surface area contributed by atoms with Crippen LogP contribution in [0.25, 0.3) is 0 Å². The Kier molecular flexibility index (Phi) is 11.0. The van der Waals surface area contributed by atoms with E-state index in [-0.39, 0.29) is 0 Å². The van der Waals surface area contributed by atoms with E-state index in [1.165, 1.54) is 0 Å². The van der Waals surface area contributed by atoms with Gasteiger partial charge >= 0.3 is 35.8 Å². The third kappa shape index (κ3) is 9.36. The van der Waals surface area contributed by atoms with Gasteiger partial charge in [-0.15, -0.1) is 11.8 Å². The number of aliphatic carboxylic acids is 1. The van der Waals surface area contributed by atoms with Crippen LogP contribution in [0.1, 0.15) is 48.5 Å². The molecular weight excluding hydrogens is 490 g/mol. The molecule has 6 atom stereocenters. The van der Waals surface area contributed by atoms with Crippen LogP contribution in [0.4, 0.5) is 0 Å². The van der Waals surface area contributed by atoms with Crippen molar-refractivity contribution < 1.29 is 57.6 Å². The van der Waals surface area contributed by atoms with Crippen LogP contribution in [0.15, 0.2) is 0 Å². The third-order valence-electron chi connectivity index (χ3n) is 4.69. The number of nitrogens with one attached hydrogen (secondary N) is 1. The van der Waals surface area contributed by atoms with Gasteiger partial charge in [-0.25, -0.2) is 0 Å². The van der Waals surface area contributed by atoms with Crippen molar-refractivity contribution in [2.75, 3.05) is 6.61 Å². The number of rotatable bonds is 11. The minimum absolute atomic E-state index is 0.577. The first kappa shape index (κ1) is 30.2. The van der Waals surface area contributed by atoms with Gasteiger partial charge in [0, 0.05) is 39.4 Å². The first-order chi connectivity index (χ1) is 16.0. The van der Waals surface area contributed by atoms with Crippen molar-refractivity contribution in [2.24, 2.45) is 0 Å². The summed E-state index contributed by atoms with van der Waals surface area (Å²) < 4.78 is 25.4. The van der Waals surface area contributed by atoms with Crippen LogP contribution in [0.5, 0.6) is 0 Å². The molecule has 1 heterocycles. The van der Waals surface area contributed by atoms with E-state index in [1.54, 1.807) is 13.8 Å². The maximum absolute atomic E-state index is 12.0. The van der Waals surface area contributed by atoms with E-state index >= 15 is 0 Å². The number of carbonyl (C=O) groups excluding carboxylic acids is 5. The number of esters is 5. The maximum Gasteiger partial charge on any atom is 0.322 e. The van der Waals surface area contributed by atoms with Crippen LogP contribution < -0.4 is 5.32 Å². The van der Waals surface area contributed by atoms with Crippen LogP contribution in [-0.2, 0) is 52.5 Å². The standard InChI is InChI=1S/C21H31NO12S/c1-9(23)30-8-14(31-10(2)24)15(32-11(3)25)16(33-12(4)26)17(34-13(5)27)19-22-18(20(28)29)21(6,7)35-19/h14-19,22H,8H2,1-7H3,(H,28,29). The summed E-state index contributed by atoms with van der Waals surface area (Å²) in [5, 5.41) is 11.5. The molecule has 0 amide bonds. The lowest BCUT2D eigenvalue weighted by Crippen LogP contribution is -2.58. The molecule has 0 spiro atoms. The molecule has 0 saturated carbocycles. The van der Waals surface area contributed by atoms with Gasteiger partial charge in [-0.1, -0.05) is 0 Å². The summed E-state index contributed by atoms with van der Waals surface area (Å²) in [7, 11) is 0. The van der Waals surface area contributed by atoms with Gasteiger partial charge in [-0.05, 0) is 13.8 Å². The Balaban J connectivity index is 3.59. The molecule has 0 aromatic carbocycles. The zero-order chi connectivity index (χ0) is 27.1. The number of carboxylic acid groups (broad SMARTS) is 1. The lowest BCUT2D eigenvalue weighted by atomic mass is 10.00. The molecule has 1 rings (SSSR count). The summed E-state index contributed by atoms with van der Waals surface area (Å²) >= 11 is 1.10. The predicted octanol–water partition coefficient (Wildman–Crippen LogP) is 0.171. The van der Waals surface area contributed by atoms with Gasteiger partial charge in [-0.3, -0.25) is 34.1 Å². The van der Waals surface area contributed by atoms with E-state index in [1.807, 2.05) is 0 Å². The Morgan fingerprint density at radius 1 is 0.800 bits per heavy atom. The van der Waals surface area contributed by atoms with Crippen LogP contribution in [0.3, 0.4) is 0 Å². The van der Waals surface area contributed by atoms with Gasteiger partial charge in [0.05, 0.1) is 5.37 Å². The summed E-state index contributed by atoms with van der Waals surface area (Å²) in [4.78, 5) is 70.9. The highest BCUT2D eigenvalue weighted by atomic mass is 32.2. The van der Waals surface area contributed by atoms with Gasteiger partial charge in [0.2, 0.25) is 0 Å². The van der Waals surface area contributed by atoms with Gasteiger partial charge < -0.3 is 28.8 Å². The third-order valence-corrected chi connectivity index (χ3v) is 6.19. The van der Waals surface area contributed by atoms with E-state index in [4.69, 9.17) is 23.7 Å². The van der Waals surface area contributed by atoms with Gasteiger partial charge in [0.25, 0.3) is 0 Å². The van der Waals surface area contributed by atoms with E-state index in [9.17, 15) is 33.9 Å². The van der Waals surface area contributed by atoms with E-state index in [0.29, 0.717) is 0 Å². The highest BCUT2D eigenvalue weighted by Gasteiger charge is 2.54. The summed E-state index contributed by atoms with van der Waals surface area (Å²) in [6, 6.07) is -1.08. The number of thioether (sulfide) groups is 1. The first-order valence-corrected chi connectivity index (χ1v) is 11.4. The van der Waals surface area contributed by atoms with Crippen molar-refractivity contribution in [3.63, 3.8) is 0 Å². The predicted molar refractivity (Wildman–Crippen MR) is 119 cm³/mol. The fraction of sp³-hybridized carbons (Fsp3) is 0.714. The van der Waals surface area contributed by atoms with Crippen LogP contribution in [0.2, 0.25) is 0 Å². The van der Waals surface area contributed by atoms with Crippen molar-refractivity contribution in [1.82, 2.24) is 5.32 Å². The minimum atomic E-state index is -1.60. The van der Waals surface area contributed by atoms with Crippen LogP contribution in [-0.4, -0.2) is 88.1 Å². The average Bonchev–Trinajstić information content (AvgIpc) is 3.00. The van der Waals surface area contributed by atoms with Crippen molar-refractivity contribution in [3.8, 4) is 0 Å². The molecule has 6 unspecified atom stereocenters. The summed E-state index contributed by atoms with van der Waals surface area (Å²) in [6.07, 6.45) is -6.06. The molecule has 1 fully saturated rings. The molecule has 1 aliphatic rings. The van der Waals surface area contributed by atoms with Gasteiger partial charge in [0.1, 0.15) is 12.6 Å². The van der Waals surface area contributed by atoms with Crippen molar-refractivity contribution in [2.45, 2.75) is 89.0 Å². The van der Waals surface area contributed by atoms with E-state index < -0.39 is 83.0 Å². The van der Waals surface area contributed by atoms with Crippen molar-refractivity contribution >= 4 is 47.6 Å². The Hall–Kier alpha value is -2.87. The molecule has 1 aliphatic heterocycles. The normalized spacial score (nSPS) is 22.0. The topological polar surface area (TPSA) is 181 Å². The molecule has 0 aliphatic carbocycles. The highest BCUT2D eigenvalue weighted by Crippen LogP contribution is 2.41. The molecule has 1 saturated heterocycles. The molecule has 198 valence electrons. The lowest BCUT2D eigenvalue weighted by Gasteiger charge is -2.37. The fourth-order valence-corrected chi connectivity index (χ4v) is 4.99. The summed E-state index contributed by atoms with van der Waals surface area (Å²) in [6.45, 7) is 8.07. The van der Waals surface area contributed by atoms with Crippen molar-refractivity contribution in [3.05, 3.63) is 0 Å². The van der Waals surface area contributed by atoms with Crippen LogP contribution in [0, 0.1) is 0 Å². The number of ether oxygens (including phenoxy) is 5. The smallest absolute Gasteiger partial charge is 0.322 e. The second kappa shape index (κ2) is 12.7. The first-order valence-electron chi connectivity index (χ1n) is 10.5. The SMILES string of the molecule is CC(=O)OCC(OC(C)=O)C(OC(C)=O)C(OC(C)=O)C(OC(C)=O)C1NC(C(=O)O)C(C)(C)S1. The number of carbonyl (C=O) groups is 6. The average molecular weight is 522 g/mol. The van der Waals surface area contributed by atoms with Crippen LogP contribution >= 0.6 is 11.8 Å². The molecule has 14 heteroatoms. The molecule has 0 aromatic heterocycles. The highest BCUT2D eigenvalue weighted by molar-refractivity contribution is 8.01. The second-order valence-corrected chi connectivity index (χ2v) is 10.0. The molecular formula is C21H31NO12S. The minimum Gasteiger partial charge on any atom is -0.480 e. The largest absolute Gasteiger partial charge is 0.480 e. The van der Waals surface area contributed by atoms with E-state index in [0.717, 1.165) is 46.4 Å². The zero-order valence-corrected chi connectivity index (χ0v) is 21.3. The Morgan fingerprint density at radius 3 is 1.69 bits per heavy atom. The maximum atomic E-state index is 12.0. The molecule has 0 radical (unpaired) electrons. The van der Waals surface area contributed by atoms with Crippen molar-refractivity contribution in [1.29, 1.82) is 0 Å². The number of hydrogen-bond donors (Lipinski definition) is 2.